The second-order valence-corrected chi connectivity index (χ2v) is 5.16. The van der Waals surface area contributed by atoms with Crippen molar-refractivity contribution in [1.82, 2.24) is 0 Å². The van der Waals surface area contributed by atoms with E-state index in [-0.39, 0.29) is 0 Å². The molecular formula is C19H18B. The van der Waals surface area contributed by atoms with Crippen LogP contribution >= 0.6 is 0 Å². The van der Waals surface area contributed by atoms with Crippen LogP contribution < -0.4 is 5.46 Å². The number of benzene rings is 3. The summed E-state index contributed by atoms with van der Waals surface area (Å²) in [5.41, 5.74) is 2.72. The van der Waals surface area contributed by atoms with Gasteiger partial charge in [0, 0.05) is 0 Å². The lowest BCUT2D eigenvalue weighted by Gasteiger charge is -2.17. The monoisotopic (exact) mass is 257 g/mol. The Hall–Kier alpha value is -2.02. The maximum Gasteiger partial charge on any atom is 0.160 e. The highest BCUT2D eigenvalue weighted by molar-refractivity contribution is 6.55. The summed E-state index contributed by atoms with van der Waals surface area (Å²) in [6.45, 7) is 2.26. The molecule has 3 rings (SSSR count). The molecule has 0 bridgehead atoms. The molecule has 0 heterocycles. The molecule has 0 N–H and O–H groups in total. The van der Waals surface area contributed by atoms with Gasteiger partial charge in [0.1, 0.15) is 0 Å². The standard InChI is InChI=1S/C19H18B/c1-2-19(20-16-11-4-3-5-12-16)18-14-8-10-15-9-6-7-13-17(15)18/h3-14,19H,2H2,1H3. The van der Waals surface area contributed by atoms with Gasteiger partial charge in [-0.05, 0) is 22.2 Å². The number of hydrogen-bond acceptors (Lipinski definition) is 0. The Morgan fingerprint density at radius 2 is 1.50 bits per heavy atom. The highest BCUT2D eigenvalue weighted by Gasteiger charge is 2.14. The van der Waals surface area contributed by atoms with Crippen molar-refractivity contribution in [2.75, 3.05) is 0 Å². The van der Waals surface area contributed by atoms with Gasteiger partial charge in [0.25, 0.3) is 0 Å². The smallest absolute Gasteiger partial charge is 0.0871 e. The summed E-state index contributed by atoms with van der Waals surface area (Å²) in [6.07, 6.45) is 1.11. The zero-order valence-corrected chi connectivity index (χ0v) is 11.8. The topological polar surface area (TPSA) is 0 Å². The Bertz CT molecular complexity index is 683. The molecular weight excluding hydrogens is 239 g/mol. The van der Waals surface area contributed by atoms with E-state index in [4.69, 9.17) is 0 Å². The molecule has 97 valence electrons. The van der Waals surface area contributed by atoms with Gasteiger partial charge in [-0.3, -0.25) is 0 Å². The fourth-order valence-electron chi connectivity index (χ4n) is 2.80. The Labute approximate surface area is 121 Å². The van der Waals surface area contributed by atoms with Gasteiger partial charge in [-0.1, -0.05) is 91.6 Å². The molecule has 0 aliphatic rings. The molecule has 0 spiro atoms. The Morgan fingerprint density at radius 3 is 2.30 bits per heavy atom. The molecule has 20 heavy (non-hydrogen) atoms. The van der Waals surface area contributed by atoms with Gasteiger partial charge in [0.15, 0.2) is 7.28 Å². The zero-order chi connectivity index (χ0) is 13.8. The summed E-state index contributed by atoms with van der Waals surface area (Å²) in [5, 5.41) is 2.69. The quantitative estimate of drug-likeness (QED) is 0.610. The van der Waals surface area contributed by atoms with Crippen molar-refractivity contribution in [3.8, 4) is 0 Å². The molecule has 1 radical (unpaired) electrons. The van der Waals surface area contributed by atoms with Crippen LogP contribution in [-0.4, -0.2) is 7.28 Å². The van der Waals surface area contributed by atoms with Crippen LogP contribution in [0.1, 0.15) is 24.7 Å². The van der Waals surface area contributed by atoms with Gasteiger partial charge in [0.05, 0.1) is 0 Å². The normalized spacial score (nSPS) is 12.2. The Morgan fingerprint density at radius 1 is 0.800 bits per heavy atom. The van der Waals surface area contributed by atoms with Gasteiger partial charge in [-0.15, -0.1) is 0 Å². The molecule has 0 amide bonds. The maximum absolute atomic E-state index is 2.38. The minimum atomic E-state index is 0.462. The number of rotatable bonds is 4. The third-order valence-corrected chi connectivity index (χ3v) is 3.86. The average molecular weight is 257 g/mol. The van der Waals surface area contributed by atoms with Gasteiger partial charge < -0.3 is 0 Å². The summed E-state index contributed by atoms with van der Waals surface area (Å²) in [5.74, 6) is 0.462. The predicted octanol–water partition coefficient (Wildman–Crippen LogP) is 4.32. The summed E-state index contributed by atoms with van der Waals surface area (Å²) in [4.78, 5) is 0. The molecule has 1 atom stereocenters. The molecule has 0 saturated heterocycles. The predicted molar refractivity (Wildman–Crippen MR) is 88.8 cm³/mol. The van der Waals surface area contributed by atoms with E-state index < -0.39 is 0 Å². The fourth-order valence-corrected chi connectivity index (χ4v) is 2.80. The first-order valence-corrected chi connectivity index (χ1v) is 7.26. The van der Waals surface area contributed by atoms with Crippen LogP contribution in [0.25, 0.3) is 10.8 Å². The van der Waals surface area contributed by atoms with E-state index in [2.05, 4.69) is 87.0 Å². The largest absolute Gasteiger partial charge is 0.160 e. The van der Waals surface area contributed by atoms with E-state index in [1.807, 2.05) is 0 Å². The van der Waals surface area contributed by atoms with E-state index in [1.54, 1.807) is 0 Å². The zero-order valence-electron chi connectivity index (χ0n) is 11.8. The van der Waals surface area contributed by atoms with Crippen molar-refractivity contribution < 1.29 is 0 Å². The lowest BCUT2D eigenvalue weighted by atomic mass is 9.55. The summed E-state index contributed by atoms with van der Waals surface area (Å²) >= 11 is 0. The number of hydrogen-bond donors (Lipinski definition) is 0. The Balaban J connectivity index is 1.99. The van der Waals surface area contributed by atoms with Crippen LogP contribution in [0.3, 0.4) is 0 Å². The molecule has 0 nitrogen and oxygen atoms in total. The summed E-state index contributed by atoms with van der Waals surface area (Å²) < 4.78 is 0. The lowest BCUT2D eigenvalue weighted by molar-refractivity contribution is 0.883. The van der Waals surface area contributed by atoms with Crippen LogP contribution in [0, 0.1) is 0 Å². The lowest BCUT2D eigenvalue weighted by Crippen LogP contribution is -2.21. The highest BCUT2D eigenvalue weighted by Crippen LogP contribution is 2.27. The van der Waals surface area contributed by atoms with Crippen LogP contribution in [0.5, 0.6) is 0 Å². The molecule has 1 heteroatoms. The highest BCUT2D eigenvalue weighted by atomic mass is 14.1. The minimum Gasteiger partial charge on any atom is -0.0871 e. The van der Waals surface area contributed by atoms with Crippen molar-refractivity contribution in [3.63, 3.8) is 0 Å². The van der Waals surface area contributed by atoms with E-state index in [9.17, 15) is 0 Å². The van der Waals surface area contributed by atoms with Crippen molar-refractivity contribution in [2.45, 2.75) is 19.2 Å². The second-order valence-electron chi connectivity index (χ2n) is 5.16. The SMILES string of the molecule is CCC([B]c1ccccc1)c1cccc2ccccc12. The van der Waals surface area contributed by atoms with Crippen LogP contribution in [0.15, 0.2) is 72.8 Å². The third-order valence-electron chi connectivity index (χ3n) is 3.86. The van der Waals surface area contributed by atoms with Crippen LogP contribution in [0.4, 0.5) is 0 Å². The van der Waals surface area contributed by atoms with Crippen molar-refractivity contribution >= 4 is 23.5 Å². The van der Waals surface area contributed by atoms with Crippen molar-refractivity contribution in [2.24, 2.45) is 0 Å². The first-order valence-electron chi connectivity index (χ1n) is 7.26. The second kappa shape index (κ2) is 5.96. The van der Waals surface area contributed by atoms with Crippen molar-refractivity contribution in [3.05, 3.63) is 78.4 Å². The minimum absolute atomic E-state index is 0.462. The van der Waals surface area contributed by atoms with E-state index in [1.165, 1.54) is 21.8 Å². The van der Waals surface area contributed by atoms with Gasteiger partial charge in [-0.2, -0.15) is 0 Å². The summed E-state index contributed by atoms with van der Waals surface area (Å²) in [7, 11) is 2.38. The van der Waals surface area contributed by atoms with Crippen LogP contribution in [-0.2, 0) is 0 Å². The molecule has 0 aliphatic heterocycles. The molecule has 0 aromatic heterocycles. The fraction of sp³-hybridized carbons (Fsp3) is 0.158. The first kappa shape index (κ1) is 13.0. The molecule has 3 aromatic rings. The van der Waals surface area contributed by atoms with E-state index in [0.717, 1.165) is 6.42 Å². The number of fused-ring (bicyclic) bond motifs is 1. The third kappa shape index (κ3) is 2.62. The molecule has 1 unspecified atom stereocenters. The molecule has 0 fully saturated rings. The van der Waals surface area contributed by atoms with E-state index >= 15 is 0 Å². The average Bonchev–Trinajstić information content (AvgIpc) is 2.53. The van der Waals surface area contributed by atoms with Gasteiger partial charge in [0.2, 0.25) is 0 Å². The molecule has 0 saturated carbocycles. The maximum atomic E-state index is 2.38. The first-order chi connectivity index (χ1) is 9.88. The van der Waals surface area contributed by atoms with Crippen molar-refractivity contribution in [1.29, 1.82) is 0 Å². The molecule has 0 aliphatic carbocycles. The van der Waals surface area contributed by atoms with Crippen LogP contribution in [0.2, 0.25) is 0 Å². The summed E-state index contributed by atoms with van der Waals surface area (Å²) in [6, 6.07) is 25.9. The Kier molecular flexibility index (Phi) is 3.87. The van der Waals surface area contributed by atoms with Gasteiger partial charge >= 0.3 is 0 Å². The van der Waals surface area contributed by atoms with Gasteiger partial charge in [-0.25, -0.2) is 0 Å². The molecule has 3 aromatic carbocycles. The van der Waals surface area contributed by atoms with E-state index in [0.29, 0.717) is 5.82 Å².